The van der Waals surface area contributed by atoms with Crippen molar-refractivity contribution in [2.75, 3.05) is 11.6 Å². The summed E-state index contributed by atoms with van der Waals surface area (Å²) in [6, 6.07) is 6.17. The third-order valence-electron chi connectivity index (χ3n) is 3.09. The average Bonchev–Trinajstić information content (AvgIpc) is 2.47. The maximum absolute atomic E-state index is 13.7. The first-order valence-corrected chi connectivity index (χ1v) is 8.36. The molecule has 0 aliphatic carbocycles. The van der Waals surface area contributed by atoms with Gasteiger partial charge < -0.3 is 5.32 Å². The largest absolute Gasteiger partial charge is 0.416 e. The predicted molar refractivity (Wildman–Crippen MR) is 78.9 cm³/mol. The molecule has 0 aliphatic rings. The van der Waals surface area contributed by atoms with Gasteiger partial charge in [-0.05, 0) is 42.5 Å². The highest BCUT2D eigenvalue weighted by atomic mass is 32.2. The second-order valence-electron chi connectivity index (χ2n) is 4.94. The molecule has 4 nitrogen and oxygen atoms in total. The second-order valence-corrected chi connectivity index (χ2v) is 6.96. The molecule has 0 bridgehead atoms. The van der Waals surface area contributed by atoms with Gasteiger partial charge in [-0.1, -0.05) is 0 Å². The zero-order valence-electron chi connectivity index (χ0n) is 12.2. The van der Waals surface area contributed by atoms with E-state index in [4.69, 9.17) is 0 Å². The number of nitrogens with one attached hydrogen (secondary N) is 1. The summed E-state index contributed by atoms with van der Waals surface area (Å²) < 4.78 is 74.0. The normalized spacial score (nSPS) is 12.0. The van der Waals surface area contributed by atoms with Crippen LogP contribution in [0.2, 0.25) is 0 Å². The van der Waals surface area contributed by atoms with Crippen LogP contribution < -0.4 is 5.32 Å². The van der Waals surface area contributed by atoms with Gasteiger partial charge in [0.2, 0.25) is 0 Å². The Morgan fingerprint density at radius 2 is 1.62 bits per heavy atom. The van der Waals surface area contributed by atoms with E-state index in [1.807, 2.05) is 0 Å². The zero-order valence-corrected chi connectivity index (χ0v) is 13.0. The molecule has 1 amide bonds. The molecule has 0 saturated carbocycles. The summed E-state index contributed by atoms with van der Waals surface area (Å²) in [4.78, 5) is 11.8. The van der Waals surface area contributed by atoms with Crippen LogP contribution >= 0.6 is 0 Å². The van der Waals surface area contributed by atoms with Crippen molar-refractivity contribution in [3.05, 3.63) is 59.4 Å². The highest BCUT2D eigenvalue weighted by molar-refractivity contribution is 7.90. The van der Waals surface area contributed by atoms with Crippen molar-refractivity contribution in [2.24, 2.45) is 0 Å². The van der Waals surface area contributed by atoms with Crippen molar-refractivity contribution in [3.63, 3.8) is 0 Å². The Labute approximate surface area is 135 Å². The second kappa shape index (κ2) is 6.23. The number of rotatable bonds is 3. The monoisotopic (exact) mass is 361 g/mol. The quantitative estimate of drug-likeness (QED) is 0.672. The SMILES string of the molecule is CS(=O)(=O)c1ccc(F)c(NC(=O)c2ccc(C(F)(F)F)cc2)c1. The molecule has 0 aliphatic heterocycles. The molecule has 1 N–H and O–H groups in total. The summed E-state index contributed by atoms with van der Waals surface area (Å²) in [5, 5.41) is 2.14. The van der Waals surface area contributed by atoms with E-state index >= 15 is 0 Å². The van der Waals surface area contributed by atoms with Crippen molar-refractivity contribution < 1.29 is 30.8 Å². The van der Waals surface area contributed by atoms with Gasteiger partial charge in [-0.25, -0.2) is 12.8 Å². The van der Waals surface area contributed by atoms with E-state index in [1.165, 1.54) is 0 Å². The van der Waals surface area contributed by atoms with Crippen LogP contribution in [0.4, 0.5) is 23.2 Å². The minimum absolute atomic E-state index is 0.132. The van der Waals surface area contributed by atoms with Crippen LogP contribution in [0, 0.1) is 5.82 Å². The van der Waals surface area contributed by atoms with Crippen LogP contribution in [-0.2, 0) is 16.0 Å². The number of amides is 1. The minimum Gasteiger partial charge on any atom is -0.319 e. The van der Waals surface area contributed by atoms with Crippen LogP contribution in [0.1, 0.15) is 15.9 Å². The molecule has 0 saturated heterocycles. The van der Waals surface area contributed by atoms with E-state index in [2.05, 4.69) is 5.32 Å². The first-order chi connectivity index (χ1) is 11.0. The molecule has 128 valence electrons. The van der Waals surface area contributed by atoms with Crippen molar-refractivity contribution >= 4 is 21.4 Å². The lowest BCUT2D eigenvalue weighted by Crippen LogP contribution is -2.14. The fourth-order valence-corrected chi connectivity index (χ4v) is 2.48. The van der Waals surface area contributed by atoms with Crippen LogP contribution in [0.15, 0.2) is 47.4 Å². The lowest BCUT2D eigenvalue weighted by molar-refractivity contribution is -0.137. The van der Waals surface area contributed by atoms with Gasteiger partial charge in [0.25, 0.3) is 5.91 Å². The molecule has 2 aromatic carbocycles. The zero-order chi connectivity index (χ0) is 18.1. The van der Waals surface area contributed by atoms with Crippen LogP contribution in [-0.4, -0.2) is 20.6 Å². The molecule has 0 heterocycles. The third-order valence-corrected chi connectivity index (χ3v) is 4.20. The van der Waals surface area contributed by atoms with E-state index in [0.29, 0.717) is 0 Å². The fraction of sp³-hybridized carbons (Fsp3) is 0.133. The number of hydrogen-bond donors (Lipinski definition) is 1. The summed E-state index contributed by atoms with van der Waals surface area (Å²) in [6.45, 7) is 0. The average molecular weight is 361 g/mol. The highest BCUT2D eigenvalue weighted by Gasteiger charge is 2.30. The van der Waals surface area contributed by atoms with E-state index in [0.717, 1.165) is 48.7 Å². The van der Waals surface area contributed by atoms with E-state index in [-0.39, 0.29) is 16.1 Å². The Kier molecular flexibility index (Phi) is 4.66. The van der Waals surface area contributed by atoms with E-state index in [1.54, 1.807) is 0 Å². The molecule has 0 aromatic heterocycles. The number of carbonyl (C=O) groups excluding carboxylic acids is 1. The van der Waals surface area contributed by atoms with Crippen LogP contribution in [0.3, 0.4) is 0 Å². The van der Waals surface area contributed by atoms with Gasteiger partial charge in [-0.3, -0.25) is 4.79 Å². The number of halogens is 4. The molecular formula is C15H11F4NO3S. The van der Waals surface area contributed by atoms with Gasteiger partial charge in [-0.2, -0.15) is 13.2 Å². The van der Waals surface area contributed by atoms with Gasteiger partial charge in [0.1, 0.15) is 5.82 Å². The number of sulfone groups is 1. The summed E-state index contributed by atoms with van der Waals surface area (Å²) in [5.74, 6) is -1.74. The summed E-state index contributed by atoms with van der Waals surface area (Å²) >= 11 is 0. The highest BCUT2D eigenvalue weighted by Crippen LogP contribution is 2.29. The fourth-order valence-electron chi connectivity index (χ4n) is 1.84. The van der Waals surface area contributed by atoms with E-state index in [9.17, 15) is 30.8 Å². The topological polar surface area (TPSA) is 63.2 Å². The van der Waals surface area contributed by atoms with Gasteiger partial charge in [0.15, 0.2) is 9.84 Å². The standard InChI is InChI=1S/C15H11F4NO3S/c1-24(22,23)11-6-7-12(16)13(8-11)20-14(21)9-2-4-10(5-3-9)15(17,18)19/h2-8H,1H3,(H,20,21). The van der Waals surface area contributed by atoms with Crippen LogP contribution in [0.25, 0.3) is 0 Å². The number of benzene rings is 2. The molecule has 0 fully saturated rings. The Bertz CT molecular complexity index is 875. The van der Waals surface area contributed by atoms with E-state index < -0.39 is 33.3 Å². The van der Waals surface area contributed by atoms with Crippen LogP contribution in [0.5, 0.6) is 0 Å². The summed E-state index contributed by atoms with van der Waals surface area (Å²) in [5.41, 5.74) is -1.45. The molecule has 2 aromatic rings. The van der Waals surface area contributed by atoms with Gasteiger partial charge in [0.05, 0.1) is 16.1 Å². The first kappa shape index (κ1) is 17.9. The van der Waals surface area contributed by atoms with Crippen molar-refractivity contribution in [3.8, 4) is 0 Å². The molecule has 9 heteroatoms. The Balaban J connectivity index is 2.27. The molecule has 2 rings (SSSR count). The molecule has 0 atom stereocenters. The van der Waals surface area contributed by atoms with Crippen molar-refractivity contribution in [1.29, 1.82) is 0 Å². The maximum atomic E-state index is 13.7. The number of hydrogen-bond acceptors (Lipinski definition) is 3. The Morgan fingerprint density at radius 3 is 2.12 bits per heavy atom. The lowest BCUT2D eigenvalue weighted by atomic mass is 10.1. The van der Waals surface area contributed by atoms with Gasteiger partial charge in [-0.15, -0.1) is 0 Å². The number of anilines is 1. The molecule has 0 unspecified atom stereocenters. The first-order valence-electron chi connectivity index (χ1n) is 6.47. The van der Waals surface area contributed by atoms with Crippen molar-refractivity contribution in [1.82, 2.24) is 0 Å². The Hall–Kier alpha value is -2.42. The lowest BCUT2D eigenvalue weighted by Gasteiger charge is -2.10. The summed E-state index contributed by atoms with van der Waals surface area (Å²) in [6.07, 6.45) is -3.62. The third kappa shape index (κ3) is 4.10. The molecule has 0 radical (unpaired) electrons. The Morgan fingerprint density at radius 1 is 1.04 bits per heavy atom. The smallest absolute Gasteiger partial charge is 0.319 e. The molecule has 0 spiro atoms. The molecular weight excluding hydrogens is 350 g/mol. The van der Waals surface area contributed by atoms with Gasteiger partial charge >= 0.3 is 6.18 Å². The van der Waals surface area contributed by atoms with Gasteiger partial charge in [0, 0.05) is 11.8 Å². The number of carbonyl (C=O) groups is 1. The number of alkyl halides is 3. The summed E-state index contributed by atoms with van der Waals surface area (Å²) in [7, 11) is -3.61. The van der Waals surface area contributed by atoms with Crippen molar-refractivity contribution in [2.45, 2.75) is 11.1 Å². The minimum atomic E-state index is -4.54. The molecule has 24 heavy (non-hydrogen) atoms. The maximum Gasteiger partial charge on any atom is 0.416 e. The predicted octanol–water partition coefficient (Wildman–Crippen LogP) is 3.50.